The number of carbonyl (C=O) groups excluding carboxylic acids is 1. The number of piperazine rings is 1. The third kappa shape index (κ3) is 3.32. The van der Waals surface area contributed by atoms with Crippen molar-refractivity contribution in [2.24, 2.45) is 5.73 Å². The second-order valence-corrected chi connectivity index (χ2v) is 7.09. The third-order valence-corrected chi connectivity index (χ3v) is 5.58. The van der Waals surface area contributed by atoms with E-state index in [1.807, 2.05) is 12.1 Å². The molecule has 0 radical (unpaired) electrons. The quantitative estimate of drug-likeness (QED) is 0.878. The molecule has 2 aromatic rings. The molecule has 2 aliphatic rings. The Bertz CT molecular complexity index is 756. The Morgan fingerprint density at radius 3 is 2.42 bits per heavy atom. The number of carbonyl (C=O) groups is 1. The molecule has 0 bridgehead atoms. The van der Waals surface area contributed by atoms with Crippen molar-refractivity contribution in [1.82, 2.24) is 10.2 Å². The first-order valence-corrected chi connectivity index (χ1v) is 9.38. The van der Waals surface area contributed by atoms with Gasteiger partial charge >= 0.3 is 0 Å². The molecule has 0 aromatic heterocycles. The number of hydrogen-bond donors (Lipinski definition) is 2. The van der Waals surface area contributed by atoms with Gasteiger partial charge in [0.15, 0.2) is 0 Å². The minimum atomic E-state index is -0.311. The average molecular weight is 350 g/mol. The highest BCUT2D eigenvalue weighted by Crippen LogP contribution is 2.29. The van der Waals surface area contributed by atoms with Crippen LogP contribution in [0.3, 0.4) is 0 Å². The van der Waals surface area contributed by atoms with E-state index in [1.54, 1.807) is 0 Å². The van der Waals surface area contributed by atoms with E-state index >= 15 is 0 Å². The second-order valence-electron chi connectivity index (χ2n) is 7.09. The van der Waals surface area contributed by atoms with Crippen LogP contribution in [0.5, 0.6) is 0 Å². The van der Waals surface area contributed by atoms with E-state index in [1.165, 1.54) is 16.8 Å². The van der Waals surface area contributed by atoms with Crippen molar-refractivity contribution in [2.45, 2.75) is 18.5 Å². The van der Waals surface area contributed by atoms with Crippen LogP contribution in [0.2, 0.25) is 0 Å². The van der Waals surface area contributed by atoms with Crippen LogP contribution in [0, 0.1) is 0 Å². The van der Waals surface area contributed by atoms with E-state index in [-0.39, 0.29) is 18.0 Å². The van der Waals surface area contributed by atoms with E-state index in [0.29, 0.717) is 0 Å². The van der Waals surface area contributed by atoms with Crippen molar-refractivity contribution in [1.29, 1.82) is 0 Å². The lowest BCUT2D eigenvalue weighted by Gasteiger charge is -2.43. The maximum Gasteiger partial charge on any atom is 0.236 e. The summed E-state index contributed by atoms with van der Waals surface area (Å²) in [6, 6.07) is 18.5. The van der Waals surface area contributed by atoms with Crippen LogP contribution < -0.4 is 16.0 Å². The molecule has 1 amide bonds. The summed E-state index contributed by atoms with van der Waals surface area (Å²) < 4.78 is 0. The van der Waals surface area contributed by atoms with Crippen molar-refractivity contribution in [3.05, 3.63) is 65.7 Å². The van der Waals surface area contributed by atoms with Crippen molar-refractivity contribution < 1.29 is 4.79 Å². The summed E-state index contributed by atoms with van der Waals surface area (Å²) in [4.78, 5) is 17.0. The zero-order valence-corrected chi connectivity index (χ0v) is 15.0. The molecular weight excluding hydrogens is 324 g/mol. The van der Waals surface area contributed by atoms with Crippen LogP contribution in [0.25, 0.3) is 0 Å². The predicted octanol–water partition coefficient (Wildman–Crippen LogP) is 1.55. The van der Waals surface area contributed by atoms with Crippen LogP contribution in [0.4, 0.5) is 5.69 Å². The maximum absolute atomic E-state index is 12.4. The highest BCUT2D eigenvalue weighted by atomic mass is 16.1. The Morgan fingerprint density at radius 2 is 1.69 bits per heavy atom. The van der Waals surface area contributed by atoms with E-state index in [2.05, 4.69) is 57.6 Å². The number of para-hydroxylation sites is 1. The number of amides is 1. The number of nitrogens with two attached hydrogens (primary N) is 1. The number of nitrogens with zero attached hydrogens (tertiary/aromatic N) is 2. The molecule has 2 aromatic carbocycles. The van der Waals surface area contributed by atoms with E-state index in [0.717, 1.165) is 39.1 Å². The molecule has 4 rings (SSSR count). The van der Waals surface area contributed by atoms with E-state index < -0.39 is 0 Å². The van der Waals surface area contributed by atoms with Crippen LogP contribution >= 0.6 is 0 Å². The molecule has 2 atom stereocenters. The minimum Gasteiger partial charge on any atom is -0.369 e. The molecule has 3 N–H and O–H groups in total. The van der Waals surface area contributed by atoms with Crippen LogP contribution in [0.1, 0.15) is 17.2 Å². The van der Waals surface area contributed by atoms with Gasteiger partial charge in [0, 0.05) is 31.9 Å². The number of anilines is 1. The first kappa shape index (κ1) is 17.1. The highest BCUT2D eigenvalue weighted by molar-refractivity contribution is 5.81. The van der Waals surface area contributed by atoms with Gasteiger partial charge in [-0.3, -0.25) is 9.69 Å². The van der Waals surface area contributed by atoms with Gasteiger partial charge in [-0.2, -0.15) is 0 Å². The van der Waals surface area contributed by atoms with Crippen molar-refractivity contribution in [3.8, 4) is 0 Å². The Balaban J connectivity index is 1.51. The predicted molar refractivity (Wildman–Crippen MR) is 104 cm³/mol. The SMILES string of the molecule is NC(=O)C(C1NCCc2ccccc21)N1CCN(c2ccccc2)CC1. The highest BCUT2D eigenvalue weighted by Gasteiger charge is 2.37. The van der Waals surface area contributed by atoms with Gasteiger partial charge in [0.2, 0.25) is 5.91 Å². The molecule has 1 saturated heterocycles. The van der Waals surface area contributed by atoms with E-state index in [9.17, 15) is 4.79 Å². The van der Waals surface area contributed by atoms with Crippen molar-refractivity contribution >= 4 is 11.6 Å². The van der Waals surface area contributed by atoms with Crippen LogP contribution in [-0.4, -0.2) is 49.6 Å². The zero-order chi connectivity index (χ0) is 17.9. The Labute approximate surface area is 154 Å². The fourth-order valence-corrected chi connectivity index (χ4v) is 4.27. The molecule has 0 spiro atoms. The van der Waals surface area contributed by atoms with Gasteiger partial charge in [0.25, 0.3) is 0 Å². The first-order chi connectivity index (χ1) is 12.7. The Morgan fingerprint density at radius 1 is 1.00 bits per heavy atom. The lowest BCUT2D eigenvalue weighted by Crippen LogP contribution is -2.59. The van der Waals surface area contributed by atoms with Crippen LogP contribution in [0.15, 0.2) is 54.6 Å². The number of rotatable bonds is 4. The number of hydrogen-bond acceptors (Lipinski definition) is 4. The summed E-state index contributed by atoms with van der Waals surface area (Å²) in [6.07, 6.45) is 1.000. The largest absolute Gasteiger partial charge is 0.369 e. The van der Waals surface area contributed by atoms with Crippen molar-refractivity contribution in [2.75, 3.05) is 37.6 Å². The summed E-state index contributed by atoms with van der Waals surface area (Å²) in [5.74, 6) is -0.243. The third-order valence-electron chi connectivity index (χ3n) is 5.58. The number of benzene rings is 2. The molecule has 2 unspecified atom stereocenters. The number of primary amides is 1. The summed E-state index contributed by atoms with van der Waals surface area (Å²) in [7, 11) is 0. The number of nitrogens with one attached hydrogen (secondary N) is 1. The number of fused-ring (bicyclic) bond motifs is 1. The first-order valence-electron chi connectivity index (χ1n) is 9.38. The molecule has 2 aliphatic heterocycles. The van der Waals surface area contributed by atoms with E-state index in [4.69, 9.17) is 5.73 Å². The van der Waals surface area contributed by atoms with Gasteiger partial charge in [-0.05, 0) is 36.2 Å². The smallest absolute Gasteiger partial charge is 0.236 e. The molecule has 0 aliphatic carbocycles. The lowest BCUT2D eigenvalue weighted by atomic mass is 9.88. The van der Waals surface area contributed by atoms with Gasteiger partial charge in [0.1, 0.15) is 6.04 Å². The minimum absolute atomic E-state index is 0.0271. The molecule has 0 saturated carbocycles. The standard InChI is InChI=1S/C21H26N4O/c22-21(26)20(19-18-9-5-4-6-16(18)10-11-23-19)25-14-12-24(13-15-25)17-7-2-1-3-8-17/h1-9,19-20,23H,10-15H2,(H2,22,26). The summed E-state index contributed by atoms with van der Waals surface area (Å²) in [5, 5.41) is 3.54. The van der Waals surface area contributed by atoms with Gasteiger partial charge < -0.3 is 16.0 Å². The average Bonchev–Trinajstić information content (AvgIpc) is 2.69. The molecule has 5 nitrogen and oxygen atoms in total. The molecule has 136 valence electrons. The van der Waals surface area contributed by atoms with Crippen molar-refractivity contribution in [3.63, 3.8) is 0 Å². The molecule has 2 heterocycles. The Hall–Kier alpha value is -2.37. The van der Waals surface area contributed by atoms with Gasteiger partial charge in [0.05, 0.1) is 6.04 Å². The normalized spacial score (nSPS) is 21.8. The maximum atomic E-state index is 12.4. The van der Waals surface area contributed by atoms with Crippen LogP contribution in [-0.2, 0) is 11.2 Å². The summed E-state index contributed by atoms with van der Waals surface area (Å²) in [6.45, 7) is 4.37. The Kier molecular flexibility index (Phi) is 4.91. The lowest BCUT2D eigenvalue weighted by molar-refractivity contribution is -0.124. The zero-order valence-electron chi connectivity index (χ0n) is 15.0. The van der Waals surface area contributed by atoms with Gasteiger partial charge in [-0.15, -0.1) is 0 Å². The second kappa shape index (κ2) is 7.48. The molecular formula is C21H26N4O. The summed E-state index contributed by atoms with van der Waals surface area (Å²) in [5.41, 5.74) is 9.65. The molecule has 5 heteroatoms. The van der Waals surface area contributed by atoms with Gasteiger partial charge in [-0.1, -0.05) is 42.5 Å². The topological polar surface area (TPSA) is 61.6 Å². The molecule has 1 fully saturated rings. The fraction of sp³-hybridized carbons (Fsp3) is 0.381. The molecule has 26 heavy (non-hydrogen) atoms. The van der Waals surface area contributed by atoms with Gasteiger partial charge in [-0.25, -0.2) is 0 Å². The monoisotopic (exact) mass is 350 g/mol. The fourth-order valence-electron chi connectivity index (χ4n) is 4.27. The summed E-state index contributed by atoms with van der Waals surface area (Å²) >= 11 is 0.